The maximum atomic E-state index is 11.6. The highest BCUT2D eigenvalue weighted by atomic mass is 35.5. The molecule has 1 aromatic heterocycles. The smallest absolute Gasteiger partial charge is 0.232 e. The van der Waals surface area contributed by atoms with Gasteiger partial charge < -0.3 is 0 Å². The standard InChI is InChI=1S/C10H15ClN2O2S/c1-3-4-5-16(14,15)13-9-6-8(2)7-12-10(9)11/h6-7,13H,3-5H2,1-2H3. The monoisotopic (exact) mass is 262 g/mol. The van der Waals surface area contributed by atoms with Gasteiger partial charge in [-0.2, -0.15) is 0 Å². The molecule has 6 heteroatoms. The molecule has 0 aromatic carbocycles. The first-order chi connectivity index (χ1) is 7.44. The summed E-state index contributed by atoms with van der Waals surface area (Å²) < 4.78 is 25.7. The van der Waals surface area contributed by atoms with Crippen LogP contribution in [-0.4, -0.2) is 19.2 Å². The van der Waals surface area contributed by atoms with Crippen LogP contribution in [0.15, 0.2) is 12.3 Å². The average molecular weight is 263 g/mol. The first kappa shape index (κ1) is 13.3. The zero-order valence-electron chi connectivity index (χ0n) is 9.33. The van der Waals surface area contributed by atoms with Gasteiger partial charge in [0.05, 0.1) is 11.4 Å². The Kier molecular flexibility index (Phi) is 4.56. The molecule has 0 atom stereocenters. The van der Waals surface area contributed by atoms with E-state index in [0.717, 1.165) is 12.0 Å². The summed E-state index contributed by atoms with van der Waals surface area (Å²) in [5.74, 6) is 0.105. The van der Waals surface area contributed by atoms with Crippen molar-refractivity contribution in [2.24, 2.45) is 0 Å². The summed E-state index contributed by atoms with van der Waals surface area (Å²) in [4.78, 5) is 3.88. The summed E-state index contributed by atoms with van der Waals surface area (Å²) in [6.07, 6.45) is 3.05. The minimum Gasteiger partial charge on any atom is -0.280 e. The predicted octanol–water partition coefficient (Wildman–Crippen LogP) is 2.59. The van der Waals surface area contributed by atoms with Gasteiger partial charge in [-0.3, -0.25) is 4.72 Å². The summed E-state index contributed by atoms with van der Waals surface area (Å²) in [6.45, 7) is 3.77. The lowest BCUT2D eigenvalue weighted by atomic mass is 10.3. The molecular formula is C10H15ClN2O2S. The summed E-state index contributed by atoms with van der Waals surface area (Å²) >= 11 is 5.80. The van der Waals surface area contributed by atoms with Crippen molar-refractivity contribution >= 4 is 27.3 Å². The normalized spacial score (nSPS) is 11.4. The number of aromatic nitrogens is 1. The van der Waals surface area contributed by atoms with Crippen molar-refractivity contribution in [2.45, 2.75) is 26.7 Å². The van der Waals surface area contributed by atoms with Gasteiger partial charge in [-0.05, 0) is 25.0 Å². The SMILES string of the molecule is CCCCS(=O)(=O)Nc1cc(C)cnc1Cl. The van der Waals surface area contributed by atoms with E-state index in [0.29, 0.717) is 12.1 Å². The number of sulfonamides is 1. The van der Waals surface area contributed by atoms with Crippen LogP contribution in [0.1, 0.15) is 25.3 Å². The van der Waals surface area contributed by atoms with Crippen molar-refractivity contribution in [1.82, 2.24) is 4.98 Å². The number of pyridine rings is 1. The first-order valence-electron chi connectivity index (χ1n) is 5.07. The minimum atomic E-state index is -3.31. The van der Waals surface area contributed by atoms with Crippen LogP contribution in [0.25, 0.3) is 0 Å². The van der Waals surface area contributed by atoms with Crippen LogP contribution in [-0.2, 0) is 10.0 Å². The number of unbranched alkanes of at least 4 members (excludes halogenated alkanes) is 1. The fraction of sp³-hybridized carbons (Fsp3) is 0.500. The van der Waals surface area contributed by atoms with E-state index in [1.165, 1.54) is 0 Å². The van der Waals surface area contributed by atoms with Crippen LogP contribution in [0, 0.1) is 6.92 Å². The lowest BCUT2D eigenvalue weighted by molar-refractivity contribution is 0.598. The van der Waals surface area contributed by atoms with Crippen LogP contribution in [0.3, 0.4) is 0 Å². The Morgan fingerprint density at radius 2 is 2.19 bits per heavy atom. The number of nitrogens with one attached hydrogen (secondary N) is 1. The number of hydrogen-bond acceptors (Lipinski definition) is 3. The van der Waals surface area contributed by atoms with Gasteiger partial charge in [0.2, 0.25) is 10.0 Å². The fourth-order valence-electron chi connectivity index (χ4n) is 1.18. The summed E-state index contributed by atoms with van der Waals surface area (Å²) in [7, 11) is -3.31. The summed E-state index contributed by atoms with van der Waals surface area (Å²) in [5.41, 5.74) is 1.20. The van der Waals surface area contributed by atoms with Crippen LogP contribution < -0.4 is 4.72 Å². The molecule has 4 nitrogen and oxygen atoms in total. The van der Waals surface area contributed by atoms with Crippen molar-refractivity contribution in [1.29, 1.82) is 0 Å². The third-order valence-corrected chi connectivity index (χ3v) is 3.67. The quantitative estimate of drug-likeness (QED) is 0.830. The highest BCUT2D eigenvalue weighted by Gasteiger charge is 2.12. The molecule has 0 aliphatic carbocycles. The van der Waals surface area contributed by atoms with Gasteiger partial charge in [-0.25, -0.2) is 13.4 Å². The van der Waals surface area contributed by atoms with E-state index in [1.807, 2.05) is 13.8 Å². The molecule has 0 spiro atoms. The van der Waals surface area contributed by atoms with Crippen LogP contribution in [0.4, 0.5) is 5.69 Å². The second kappa shape index (κ2) is 5.50. The molecule has 0 fully saturated rings. The Morgan fingerprint density at radius 1 is 1.50 bits per heavy atom. The Balaban J connectivity index is 2.83. The minimum absolute atomic E-state index is 0.105. The first-order valence-corrected chi connectivity index (χ1v) is 7.10. The Morgan fingerprint density at radius 3 is 2.81 bits per heavy atom. The summed E-state index contributed by atoms with van der Waals surface area (Å²) in [5, 5.41) is 0.172. The second-order valence-electron chi connectivity index (χ2n) is 3.63. The van der Waals surface area contributed by atoms with E-state index in [-0.39, 0.29) is 10.9 Å². The molecule has 1 rings (SSSR count). The van der Waals surface area contributed by atoms with Gasteiger partial charge in [0.15, 0.2) is 5.15 Å². The molecule has 16 heavy (non-hydrogen) atoms. The molecule has 90 valence electrons. The van der Waals surface area contributed by atoms with E-state index in [9.17, 15) is 8.42 Å². The van der Waals surface area contributed by atoms with Gasteiger partial charge >= 0.3 is 0 Å². The fourth-order valence-corrected chi connectivity index (χ4v) is 2.65. The molecule has 0 saturated heterocycles. The highest BCUT2D eigenvalue weighted by Crippen LogP contribution is 2.21. The maximum absolute atomic E-state index is 11.6. The van der Waals surface area contributed by atoms with E-state index in [4.69, 9.17) is 11.6 Å². The molecular weight excluding hydrogens is 248 g/mol. The molecule has 0 radical (unpaired) electrons. The van der Waals surface area contributed by atoms with Crippen LogP contribution in [0.2, 0.25) is 5.15 Å². The topological polar surface area (TPSA) is 59.1 Å². The van der Waals surface area contributed by atoms with E-state index in [2.05, 4.69) is 9.71 Å². The van der Waals surface area contributed by atoms with Crippen molar-refractivity contribution in [3.05, 3.63) is 23.0 Å². The third-order valence-electron chi connectivity index (χ3n) is 2.01. The number of hydrogen-bond donors (Lipinski definition) is 1. The van der Waals surface area contributed by atoms with E-state index >= 15 is 0 Å². The number of anilines is 1. The van der Waals surface area contributed by atoms with Crippen molar-refractivity contribution in [3.63, 3.8) is 0 Å². The zero-order chi connectivity index (χ0) is 12.2. The average Bonchev–Trinajstić information content (AvgIpc) is 2.20. The number of halogens is 1. The third kappa shape index (κ3) is 3.98. The Hall–Kier alpha value is -0.810. The molecule has 1 heterocycles. The molecule has 0 saturated carbocycles. The lowest BCUT2D eigenvalue weighted by Crippen LogP contribution is -2.17. The van der Waals surface area contributed by atoms with Crippen molar-refractivity contribution in [3.8, 4) is 0 Å². The molecule has 1 N–H and O–H groups in total. The van der Waals surface area contributed by atoms with Gasteiger partial charge in [0.25, 0.3) is 0 Å². The molecule has 0 bridgehead atoms. The van der Waals surface area contributed by atoms with Crippen LogP contribution in [0.5, 0.6) is 0 Å². The Bertz CT molecular complexity index is 460. The lowest BCUT2D eigenvalue weighted by Gasteiger charge is -2.09. The molecule has 1 aromatic rings. The van der Waals surface area contributed by atoms with E-state index in [1.54, 1.807) is 12.3 Å². The second-order valence-corrected chi connectivity index (χ2v) is 5.83. The van der Waals surface area contributed by atoms with Gasteiger partial charge in [0, 0.05) is 6.20 Å². The number of aryl methyl sites for hydroxylation is 1. The van der Waals surface area contributed by atoms with Gasteiger partial charge in [-0.1, -0.05) is 24.9 Å². The highest BCUT2D eigenvalue weighted by molar-refractivity contribution is 7.92. The van der Waals surface area contributed by atoms with E-state index < -0.39 is 10.0 Å². The summed E-state index contributed by atoms with van der Waals surface area (Å²) in [6, 6.07) is 1.67. The van der Waals surface area contributed by atoms with Gasteiger partial charge in [-0.15, -0.1) is 0 Å². The van der Waals surface area contributed by atoms with Crippen molar-refractivity contribution in [2.75, 3.05) is 10.5 Å². The molecule has 0 aliphatic rings. The number of rotatable bonds is 5. The number of nitrogens with zero attached hydrogens (tertiary/aromatic N) is 1. The largest absolute Gasteiger partial charge is 0.280 e. The Labute approximate surface area is 101 Å². The van der Waals surface area contributed by atoms with Crippen molar-refractivity contribution < 1.29 is 8.42 Å². The predicted molar refractivity (Wildman–Crippen MR) is 66.3 cm³/mol. The molecule has 0 amide bonds. The zero-order valence-corrected chi connectivity index (χ0v) is 10.9. The molecule has 0 aliphatic heterocycles. The van der Waals surface area contributed by atoms with Gasteiger partial charge in [0.1, 0.15) is 0 Å². The van der Waals surface area contributed by atoms with Crippen LogP contribution >= 0.6 is 11.6 Å². The molecule has 0 unspecified atom stereocenters. The maximum Gasteiger partial charge on any atom is 0.232 e.